The Morgan fingerprint density at radius 1 is 1.22 bits per heavy atom. The predicted molar refractivity (Wildman–Crippen MR) is 78.2 cm³/mol. The van der Waals surface area contributed by atoms with E-state index in [9.17, 15) is 22.0 Å². The highest BCUT2D eigenvalue weighted by atomic mass is 32.2. The molecular formula is C14H18F2N2O4S. The third-order valence-electron chi connectivity index (χ3n) is 3.53. The Morgan fingerprint density at radius 2 is 1.87 bits per heavy atom. The summed E-state index contributed by atoms with van der Waals surface area (Å²) in [5.41, 5.74) is 0. The summed E-state index contributed by atoms with van der Waals surface area (Å²) in [5.74, 6) is -2.04. The number of piperazine rings is 1. The highest BCUT2D eigenvalue weighted by Gasteiger charge is 2.32. The lowest BCUT2D eigenvalue weighted by atomic mass is 10.3. The first kappa shape index (κ1) is 17.8. The molecule has 1 saturated heterocycles. The molecule has 0 aromatic heterocycles. The third kappa shape index (κ3) is 4.04. The average Bonchev–Trinajstić information content (AvgIpc) is 2.54. The molecular weight excluding hydrogens is 330 g/mol. The molecule has 0 spiro atoms. The van der Waals surface area contributed by atoms with Gasteiger partial charge in [0.25, 0.3) is 0 Å². The molecule has 1 amide bonds. The van der Waals surface area contributed by atoms with Gasteiger partial charge in [-0.15, -0.1) is 0 Å². The molecule has 2 rings (SSSR count). The van der Waals surface area contributed by atoms with Crippen LogP contribution in [0.3, 0.4) is 0 Å². The molecule has 0 atom stereocenters. The monoisotopic (exact) mass is 348 g/mol. The molecule has 1 aliphatic rings. The van der Waals surface area contributed by atoms with E-state index in [2.05, 4.69) is 0 Å². The molecule has 0 N–H and O–H groups in total. The SMILES string of the molecule is CCOCC(=O)N1CCN(S(=O)(=O)c2cc(F)ccc2F)CC1. The second-order valence-corrected chi connectivity index (χ2v) is 6.90. The molecule has 1 fully saturated rings. The van der Waals surface area contributed by atoms with E-state index < -0.39 is 26.6 Å². The molecule has 1 heterocycles. The second-order valence-electron chi connectivity index (χ2n) is 5.00. The molecule has 0 radical (unpaired) electrons. The van der Waals surface area contributed by atoms with Gasteiger partial charge in [0.05, 0.1) is 0 Å². The van der Waals surface area contributed by atoms with Crippen molar-refractivity contribution < 1.29 is 26.7 Å². The van der Waals surface area contributed by atoms with Crippen LogP contribution in [0.15, 0.2) is 23.1 Å². The summed E-state index contributed by atoms with van der Waals surface area (Å²) in [5, 5.41) is 0. The van der Waals surface area contributed by atoms with Crippen LogP contribution in [-0.4, -0.2) is 62.9 Å². The van der Waals surface area contributed by atoms with E-state index in [1.165, 1.54) is 4.90 Å². The van der Waals surface area contributed by atoms with Crippen LogP contribution < -0.4 is 0 Å². The van der Waals surface area contributed by atoms with Gasteiger partial charge in [0.1, 0.15) is 23.1 Å². The fourth-order valence-electron chi connectivity index (χ4n) is 2.27. The zero-order valence-electron chi connectivity index (χ0n) is 12.7. The van der Waals surface area contributed by atoms with Crippen molar-refractivity contribution in [1.82, 2.24) is 9.21 Å². The molecule has 1 aliphatic heterocycles. The van der Waals surface area contributed by atoms with Crippen molar-refractivity contribution in [2.45, 2.75) is 11.8 Å². The van der Waals surface area contributed by atoms with E-state index >= 15 is 0 Å². The van der Waals surface area contributed by atoms with Crippen molar-refractivity contribution in [3.05, 3.63) is 29.8 Å². The number of ether oxygens (including phenoxy) is 1. The van der Waals surface area contributed by atoms with Gasteiger partial charge in [-0.05, 0) is 25.1 Å². The zero-order valence-corrected chi connectivity index (χ0v) is 13.5. The average molecular weight is 348 g/mol. The van der Waals surface area contributed by atoms with Crippen LogP contribution in [0.5, 0.6) is 0 Å². The zero-order chi connectivity index (χ0) is 17.0. The summed E-state index contributed by atoms with van der Waals surface area (Å²) in [6.07, 6.45) is 0. The van der Waals surface area contributed by atoms with Gasteiger partial charge in [0.15, 0.2) is 0 Å². The first-order valence-electron chi connectivity index (χ1n) is 7.17. The molecule has 128 valence electrons. The van der Waals surface area contributed by atoms with Gasteiger partial charge in [0, 0.05) is 32.8 Å². The van der Waals surface area contributed by atoms with Crippen LogP contribution in [0.2, 0.25) is 0 Å². The van der Waals surface area contributed by atoms with E-state index in [1.807, 2.05) is 0 Å². The first-order chi connectivity index (χ1) is 10.9. The lowest BCUT2D eigenvalue weighted by Gasteiger charge is -2.34. The summed E-state index contributed by atoms with van der Waals surface area (Å²) in [6.45, 7) is 2.54. The van der Waals surface area contributed by atoms with E-state index in [1.54, 1.807) is 6.92 Å². The van der Waals surface area contributed by atoms with Crippen molar-refractivity contribution in [2.24, 2.45) is 0 Å². The van der Waals surface area contributed by atoms with Crippen LogP contribution >= 0.6 is 0 Å². The lowest BCUT2D eigenvalue weighted by Crippen LogP contribution is -2.51. The fourth-order valence-corrected chi connectivity index (χ4v) is 3.77. The Labute approximate surface area is 133 Å². The Bertz CT molecular complexity index is 673. The summed E-state index contributed by atoms with van der Waals surface area (Å²) in [6, 6.07) is 2.31. The number of carbonyl (C=O) groups is 1. The number of sulfonamides is 1. The van der Waals surface area contributed by atoms with Gasteiger partial charge in [0.2, 0.25) is 15.9 Å². The number of nitrogens with zero attached hydrogens (tertiary/aromatic N) is 2. The minimum absolute atomic E-state index is 0.0240. The first-order valence-corrected chi connectivity index (χ1v) is 8.61. The van der Waals surface area contributed by atoms with E-state index in [0.717, 1.165) is 16.4 Å². The molecule has 1 aromatic carbocycles. The predicted octanol–water partition coefficient (Wildman–Crippen LogP) is 0.834. The molecule has 6 nitrogen and oxygen atoms in total. The fraction of sp³-hybridized carbons (Fsp3) is 0.500. The van der Waals surface area contributed by atoms with Gasteiger partial charge in [-0.3, -0.25) is 4.79 Å². The number of rotatable bonds is 5. The summed E-state index contributed by atoms with van der Waals surface area (Å²) >= 11 is 0. The number of halogens is 2. The van der Waals surface area contributed by atoms with E-state index in [4.69, 9.17) is 4.74 Å². The molecule has 9 heteroatoms. The summed E-state index contributed by atoms with van der Waals surface area (Å²) < 4.78 is 57.8. The van der Waals surface area contributed by atoms with Gasteiger partial charge in [-0.2, -0.15) is 4.31 Å². The molecule has 0 unspecified atom stereocenters. The van der Waals surface area contributed by atoms with Gasteiger partial charge >= 0.3 is 0 Å². The maximum Gasteiger partial charge on any atom is 0.248 e. The van der Waals surface area contributed by atoms with Crippen LogP contribution in [0.4, 0.5) is 8.78 Å². The standard InChI is InChI=1S/C14H18F2N2O4S/c1-2-22-10-14(19)17-5-7-18(8-6-17)23(20,21)13-9-11(15)3-4-12(13)16/h3-4,9H,2,5-8,10H2,1H3. The quantitative estimate of drug-likeness (QED) is 0.791. The van der Waals surface area contributed by atoms with Gasteiger partial charge in [-0.1, -0.05) is 0 Å². The smallest absolute Gasteiger partial charge is 0.248 e. The summed E-state index contributed by atoms with van der Waals surface area (Å²) in [7, 11) is -4.13. The minimum Gasteiger partial charge on any atom is -0.372 e. The van der Waals surface area contributed by atoms with Crippen LogP contribution in [-0.2, 0) is 19.6 Å². The number of benzene rings is 1. The molecule has 23 heavy (non-hydrogen) atoms. The minimum atomic E-state index is -4.13. The Hall–Kier alpha value is -1.58. The Kier molecular flexibility index (Phi) is 5.66. The number of carbonyl (C=O) groups excluding carboxylic acids is 1. The Morgan fingerprint density at radius 3 is 2.48 bits per heavy atom. The highest BCUT2D eigenvalue weighted by molar-refractivity contribution is 7.89. The lowest BCUT2D eigenvalue weighted by molar-refractivity contribution is -0.137. The number of hydrogen-bond acceptors (Lipinski definition) is 4. The molecule has 1 aromatic rings. The van der Waals surface area contributed by atoms with Crippen molar-refractivity contribution in [3.63, 3.8) is 0 Å². The third-order valence-corrected chi connectivity index (χ3v) is 5.45. The molecule has 0 saturated carbocycles. The van der Waals surface area contributed by atoms with Crippen molar-refractivity contribution in [3.8, 4) is 0 Å². The van der Waals surface area contributed by atoms with Gasteiger partial charge < -0.3 is 9.64 Å². The Balaban J connectivity index is 2.07. The van der Waals surface area contributed by atoms with Crippen LogP contribution in [0.25, 0.3) is 0 Å². The van der Waals surface area contributed by atoms with Crippen molar-refractivity contribution in [1.29, 1.82) is 0 Å². The highest BCUT2D eigenvalue weighted by Crippen LogP contribution is 2.21. The maximum absolute atomic E-state index is 13.7. The maximum atomic E-state index is 13.7. The topological polar surface area (TPSA) is 66.9 Å². The van der Waals surface area contributed by atoms with Crippen molar-refractivity contribution >= 4 is 15.9 Å². The van der Waals surface area contributed by atoms with E-state index in [-0.39, 0.29) is 38.7 Å². The van der Waals surface area contributed by atoms with Crippen LogP contribution in [0.1, 0.15) is 6.92 Å². The van der Waals surface area contributed by atoms with E-state index in [0.29, 0.717) is 12.7 Å². The molecule has 0 aliphatic carbocycles. The molecule has 0 bridgehead atoms. The number of amides is 1. The normalized spacial score (nSPS) is 16.6. The van der Waals surface area contributed by atoms with Crippen LogP contribution in [0, 0.1) is 11.6 Å². The summed E-state index contributed by atoms with van der Waals surface area (Å²) in [4.78, 5) is 12.6. The van der Waals surface area contributed by atoms with Gasteiger partial charge in [-0.25, -0.2) is 17.2 Å². The second kappa shape index (κ2) is 7.33. The van der Waals surface area contributed by atoms with Crippen molar-refractivity contribution in [2.75, 3.05) is 39.4 Å². The number of hydrogen-bond donors (Lipinski definition) is 0. The largest absolute Gasteiger partial charge is 0.372 e.